The summed E-state index contributed by atoms with van der Waals surface area (Å²) < 4.78 is 3.14. The van der Waals surface area contributed by atoms with Gasteiger partial charge < -0.3 is 0 Å². The van der Waals surface area contributed by atoms with Crippen molar-refractivity contribution in [1.29, 1.82) is 0 Å². The highest BCUT2D eigenvalue weighted by atomic mass is 79.9. The SMILES string of the molecule is CCCn1ncc(Br)c1C1=CC(Cl)CC1. The Morgan fingerprint density at radius 1 is 1.67 bits per heavy atom. The Balaban J connectivity index is 2.33. The number of hydrogen-bond acceptors (Lipinski definition) is 1. The molecule has 0 N–H and O–H groups in total. The largest absolute Gasteiger partial charge is 0.264 e. The molecule has 0 aromatic carbocycles. The third-order valence-corrected chi connectivity index (χ3v) is 3.53. The quantitative estimate of drug-likeness (QED) is 0.773. The average Bonchev–Trinajstić information content (AvgIpc) is 2.74. The predicted octanol–water partition coefficient (Wildman–Crippen LogP) is 3.84. The third kappa shape index (κ3) is 2.28. The number of allylic oxidation sites excluding steroid dienone is 2. The average molecular weight is 290 g/mol. The number of aromatic nitrogens is 2. The molecular formula is C11H14BrClN2. The number of hydrogen-bond donors (Lipinski definition) is 0. The summed E-state index contributed by atoms with van der Waals surface area (Å²) >= 11 is 9.63. The van der Waals surface area contributed by atoms with Gasteiger partial charge in [-0.05, 0) is 40.8 Å². The van der Waals surface area contributed by atoms with Crippen LogP contribution in [0.15, 0.2) is 16.7 Å². The Bertz CT molecular complexity index is 384. The molecule has 0 aliphatic heterocycles. The van der Waals surface area contributed by atoms with Gasteiger partial charge in [-0.3, -0.25) is 4.68 Å². The van der Waals surface area contributed by atoms with Crippen molar-refractivity contribution in [3.05, 3.63) is 22.4 Å². The summed E-state index contributed by atoms with van der Waals surface area (Å²) in [7, 11) is 0. The van der Waals surface area contributed by atoms with Crippen LogP contribution in [-0.2, 0) is 6.54 Å². The summed E-state index contributed by atoms with van der Waals surface area (Å²) in [5.41, 5.74) is 2.54. The van der Waals surface area contributed by atoms with Gasteiger partial charge in [0.1, 0.15) is 0 Å². The van der Waals surface area contributed by atoms with Gasteiger partial charge in [0.2, 0.25) is 0 Å². The van der Waals surface area contributed by atoms with Gasteiger partial charge in [0.05, 0.1) is 21.7 Å². The standard InChI is InChI=1S/C11H14BrClN2/c1-2-5-15-11(10(12)7-14-15)8-3-4-9(13)6-8/h6-7,9H,2-5H2,1H3. The van der Waals surface area contributed by atoms with Gasteiger partial charge in [-0.25, -0.2) is 0 Å². The molecule has 2 rings (SSSR count). The monoisotopic (exact) mass is 288 g/mol. The van der Waals surface area contributed by atoms with E-state index in [1.807, 2.05) is 6.20 Å². The zero-order valence-corrected chi connectivity index (χ0v) is 11.1. The van der Waals surface area contributed by atoms with E-state index in [9.17, 15) is 0 Å². The molecule has 0 amide bonds. The van der Waals surface area contributed by atoms with Crippen LogP contribution < -0.4 is 0 Å². The fourth-order valence-electron chi connectivity index (χ4n) is 1.94. The van der Waals surface area contributed by atoms with E-state index >= 15 is 0 Å². The lowest BCUT2D eigenvalue weighted by molar-refractivity contribution is 0.595. The molecule has 0 saturated heterocycles. The van der Waals surface area contributed by atoms with Gasteiger partial charge in [0, 0.05) is 6.54 Å². The molecule has 1 unspecified atom stereocenters. The van der Waals surface area contributed by atoms with E-state index in [1.54, 1.807) is 0 Å². The number of rotatable bonds is 3. The molecule has 4 heteroatoms. The maximum absolute atomic E-state index is 6.08. The second-order valence-electron chi connectivity index (χ2n) is 3.81. The lowest BCUT2D eigenvalue weighted by Gasteiger charge is -2.07. The van der Waals surface area contributed by atoms with Gasteiger partial charge in [0.25, 0.3) is 0 Å². The van der Waals surface area contributed by atoms with Gasteiger partial charge >= 0.3 is 0 Å². The maximum atomic E-state index is 6.08. The summed E-state index contributed by atoms with van der Waals surface area (Å²) in [5.74, 6) is 0. The minimum absolute atomic E-state index is 0.192. The van der Waals surface area contributed by atoms with E-state index in [0.29, 0.717) is 0 Å². The fraction of sp³-hybridized carbons (Fsp3) is 0.545. The van der Waals surface area contributed by atoms with Crippen LogP contribution in [-0.4, -0.2) is 15.2 Å². The molecule has 1 heterocycles. The zero-order valence-electron chi connectivity index (χ0n) is 8.71. The van der Waals surface area contributed by atoms with Crippen LogP contribution in [0.25, 0.3) is 5.57 Å². The Morgan fingerprint density at radius 3 is 3.07 bits per heavy atom. The first-order valence-electron chi connectivity index (χ1n) is 5.28. The van der Waals surface area contributed by atoms with Crippen molar-refractivity contribution >= 4 is 33.1 Å². The van der Waals surface area contributed by atoms with Crippen molar-refractivity contribution < 1.29 is 0 Å². The summed E-state index contributed by atoms with van der Waals surface area (Å²) in [5, 5.41) is 4.55. The Kier molecular flexibility index (Phi) is 3.52. The molecule has 1 aromatic rings. The second-order valence-corrected chi connectivity index (χ2v) is 5.23. The Hall–Kier alpha value is -0.280. The number of halogens is 2. The highest BCUT2D eigenvalue weighted by molar-refractivity contribution is 9.10. The van der Waals surface area contributed by atoms with E-state index in [2.05, 4.69) is 38.7 Å². The first kappa shape index (κ1) is 11.2. The van der Waals surface area contributed by atoms with Crippen molar-refractivity contribution in [1.82, 2.24) is 9.78 Å². The Labute approximate surface area is 103 Å². The lowest BCUT2D eigenvalue weighted by atomic mass is 10.1. The molecule has 15 heavy (non-hydrogen) atoms. The third-order valence-electron chi connectivity index (χ3n) is 2.61. The van der Waals surface area contributed by atoms with Crippen LogP contribution >= 0.6 is 27.5 Å². The van der Waals surface area contributed by atoms with Crippen LogP contribution in [0.5, 0.6) is 0 Å². The molecule has 1 aromatic heterocycles. The van der Waals surface area contributed by atoms with Gasteiger partial charge in [-0.15, -0.1) is 11.6 Å². The number of nitrogens with zero attached hydrogens (tertiary/aromatic N) is 2. The summed E-state index contributed by atoms with van der Waals surface area (Å²) in [4.78, 5) is 0. The van der Waals surface area contributed by atoms with Gasteiger partial charge in [0.15, 0.2) is 0 Å². The predicted molar refractivity (Wildman–Crippen MR) is 67.1 cm³/mol. The van der Waals surface area contributed by atoms with Crippen molar-refractivity contribution in [2.75, 3.05) is 0 Å². The van der Waals surface area contributed by atoms with E-state index in [0.717, 1.165) is 30.3 Å². The minimum atomic E-state index is 0.192. The van der Waals surface area contributed by atoms with E-state index in [4.69, 9.17) is 11.6 Å². The van der Waals surface area contributed by atoms with Crippen molar-refractivity contribution in [3.63, 3.8) is 0 Å². The molecule has 0 radical (unpaired) electrons. The molecule has 82 valence electrons. The Morgan fingerprint density at radius 2 is 2.47 bits per heavy atom. The van der Waals surface area contributed by atoms with Crippen LogP contribution in [0.2, 0.25) is 0 Å². The summed E-state index contributed by atoms with van der Waals surface area (Å²) in [6.07, 6.45) is 7.21. The molecule has 1 aliphatic rings. The minimum Gasteiger partial charge on any atom is -0.264 e. The van der Waals surface area contributed by atoms with Gasteiger partial charge in [-0.1, -0.05) is 13.0 Å². The van der Waals surface area contributed by atoms with Gasteiger partial charge in [-0.2, -0.15) is 5.10 Å². The lowest BCUT2D eigenvalue weighted by Crippen LogP contribution is -2.03. The normalized spacial score (nSPS) is 20.7. The smallest absolute Gasteiger partial charge is 0.0781 e. The molecule has 0 fully saturated rings. The highest BCUT2D eigenvalue weighted by Gasteiger charge is 2.19. The maximum Gasteiger partial charge on any atom is 0.0781 e. The molecule has 1 aliphatic carbocycles. The zero-order chi connectivity index (χ0) is 10.8. The summed E-state index contributed by atoms with van der Waals surface area (Å²) in [6, 6.07) is 0. The topological polar surface area (TPSA) is 17.8 Å². The van der Waals surface area contributed by atoms with Crippen LogP contribution in [0.1, 0.15) is 31.9 Å². The van der Waals surface area contributed by atoms with Crippen LogP contribution in [0, 0.1) is 0 Å². The number of aryl methyl sites for hydroxylation is 1. The van der Waals surface area contributed by atoms with Crippen LogP contribution in [0.4, 0.5) is 0 Å². The van der Waals surface area contributed by atoms with Crippen LogP contribution in [0.3, 0.4) is 0 Å². The fourth-order valence-corrected chi connectivity index (χ4v) is 2.75. The molecule has 0 bridgehead atoms. The van der Waals surface area contributed by atoms with Crippen molar-refractivity contribution in [2.24, 2.45) is 0 Å². The van der Waals surface area contributed by atoms with Crippen molar-refractivity contribution in [3.8, 4) is 0 Å². The van der Waals surface area contributed by atoms with E-state index in [1.165, 1.54) is 11.3 Å². The summed E-state index contributed by atoms with van der Waals surface area (Å²) in [6.45, 7) is 3.12. The molecular weight excluding hydrogens is 275 g/mol. The molecule has 2 nitrogen and oxygen atoms in total. The van der Waals surface area contributed by atoms with E-state index in [-0.39, 0.29) is 5.38 Å². The molecule has 1 atom stereocenters. The first-order chi connectivity index (χ1) is 7.22. The number of alkyl halides is 1. The van der Waals surface area contributed by atoms with Crippen molar-refractivity contribution in [2.45, 2.75) is 38.1 Å². The molecule has 0 spiro atoms. The van der Waals surface area contributed by atoms with E-state index < -0.39 is 0 Å². The second kappa shape index (κ2) is 4.71. The highest BCUT2D eigenvalue weighted by Crippen LogP contribution is 2.34. The molecule has 0 saturated carbocycles. The first-order valence-corrected chi connectivity index (χ1v) is 6.51.